The molecule has 0 amide bonds. The van der Waals surface area contributed by atoms with Crippen molar-refractivity contribution in [2.45, 2.75) is 44.4 Å². The highest BCUT2D eigenvalue weighted by Gasteiger charge is 2.33. The maximum atomic E-state index is 9.66. The van der Waals surface area contributed by atoms with Crippen LogP contribution in [0.3, 0.4) is 0 Å². The number of anilines is 2. The normalized spacial score (nSPS) is 20.9. The minimum Gasteiger partial charge on any atom is -0.396 e. The molecule has 2 aliphatic carbocycles. The molecule has 20 heavy (non-hydrogen) atoms. The summed E-state index contributed by atoms with van der Waals surface area (Å²) in [6.45, 7) is 1.06. The molecule has 3 N–H and O–H groups in total. The van der Waals surface area contributed by atoms with Gasteiger partial charge < -0.3 is 15.7 Å². The molecule has 1 aromatic rings. The van der Waals surface area contributed by atoms with Crippen molar-refractivity contribution in [3.63, 3.8) is 0 Å². The first-order valence-electron chi connectivity index (χ1n) is 7.66. The molecule has 0 saturated heterocycles. The van der Waals surface area contributed by atoms with Gasteiger partial charge in [-0.15, -0.1) is 0 Å². The third-order valence-corrected chi connectivity index (χ3v) is 4.59. The fourth-order valence-corrected chi connectivity index (χ4v) is 3.00. The first kappa shape index (κ1) is 13.6. The van der Waals surface area contributed by atoms with E-state index in [9.17, 15) is 5.11 Å². The van der Waals surface area contributed by atoms with Crippen molar-refractivity contribution in [2.24, 2.45) is 5.41 Å². The molecule has 0 atom stereocenters. The van der Waals surface area contributed by atoms with Gasteiger partial charge in [0, 0.05) is 31.0 Å². The van der Waals surface area contributed by atoms with E-state index in [0.29, 0.717) is 5.92 Å². The monoisotopic (exact) mass is 276 g/mol. The quantitative estimate of drug-likeness (QED) is 0.744. The number of aliphatic hydroxyl groups excluding tert-OH is 1. The minimum absolute atomic E-state index is 0.0461. The molecule has 0 radical (unpaired) electrons. The molecule has 2 aliphatic rings. The number of aliphatic hydroxyl groups is 1. The van der Waals surface area contributed by atoms with Crippen molar-refractivity contribution in [2.75, 3.05) is 30.8 Å². The third-order valence-electron chi connectivity index (χ3n) is 4.59. The molecule has 2 fully saturated rings. The van der Waals surface area contributed by atoms with Crippen molar-refractivity contribution in [1.29, 1.82) is 0 Å². The van der Waals surface area contributed by atoms with Gasteiger partial charge in [-0.1, -0.05) is 12.8 Å². The predicted octanol–water partition coefficient (Wildman–Crippen LogP) is 2.36. The van der Waals surface area contributed by atoms with Crippen molar-refractivity contribution in [3.05, 3.63) is 11.9 Å². The summed E-state index contributed by atoms with van der Waals surface area (Å²) in [4.78, 5) is 9.15. The van der Waals surface area contributed by atoms with E-state index >= 15 is 0 Å². The Morgan fingerprint density at radius 1 is 1.25 bits per heavy atom. The molecule has 5 heteroatoms. The molecule has 0 bridgehead atoms. The molecule has 110 valence electrons. The Hall–Kier alpha value is -1.36. The summed E-state index contributed by atoms with van der Waals surface area (Å²) < 4.78 is 0. The fraction of sp³-hybridized carbons (Fsp3) is 0.733. The minimum atomic E-state index is 0.0461. The van der Waals surface area contributed by atoms with Gasteiger partial charge in [0.25, 0.3) is 0 Å². The number of rotatable bonds is 6. The third kappa shape index (κ3) is 2.87. The second-order valence-electron chi connectivity index (χ2n) is 6.24. The van der Waals surface area contributed by atoms with E-state index in [1.807, 2.05) is 13.1 Å². The molecule has 2 saturated carbocycles. The number of nitrogens with zero attached hydrogens (tertiary/aromatic N) is 2. The Morgan fingerprint density at radius 3 is 2.55 bits per heavy atom. The summed E-state index contributed by atoms with van der Waals surface area (Å²) >= 11 is 0. The molecule has 0 unspecified atom stereocenters. The summed E-state index contributed by atoms with van der Waals surface area (Å²) in [5.41, 5.74) is 0.0461. The van der Waals surface area contributed by atoms with Crippen molar-refractivity contribution in [1.82, 2.24) is 9.97 Å². The number of hydrogen-bond acceptors (Lipinski definition) is 5. The van der Waals surface area contributed by atoms with Crippen LogP contribution in [0.2, 0.25) is 0 Å². The first-order chi connectivity index (χ1) is 9.74. The van der Waals surface area contributed by atoms with Gasteiger partial charge in [-0.2, -0.15) is 0 Å². The van der Waals surface area contributed by atoms with Gasteiger partial charge >= 0.3 is 0 Å². The van der Waals surface area contributed by atoms with Crippen LogP contribution in [0.25, 0.3) is 0 Å². The van der Waals surface area contributed by atoms with Crippen LogP contribution in [0.5, 0.6) is 0 Å². The molecule has 3 rings (SSSR count). The van der Waals surface area contributed by atoms with Crippen LogP contribution in [0.15, 0.2) is 6.07 Å². The van der Waals surface area contributed by atoms with Crippen LogP contribution in [0.1, 0.15) is 50.3 Å². The lowest BCUT2D eigenvalue weighted by Crippen LogP contribution is -2.30. The number of aromatic nitrogens is 2. The van der Waals surface area contributed by atoms with E-state index in [1.54, 1.807) is 0 Å². The van der Waals surface area contributed by atoms with Crippen LogP contribution in [0.4, 0.5) is 11.6 Å². The van der Waals surface area contributed by atoms with Crippen LogP contribution in [0, 0.1) is 5.41 Å². The van der Waals surface area contributed by atoms with E-state index < -0.39 is 0 Å². The standard InChI is InChI=1S/C15H24N4O/c1-16-12-8-13(19-14(18-12)11-4-5-11)17-9-15(10-20)6-2-3-7-15/h8,11,20H,2-7,9-10H2,1H3,(H2,16,17,18,19). The van der Waals surface area contributed by atoms with Gasteiger partial charge in [0.05, 0.1) is 6.61 Å². The van der Waals surface area contributed by atoms with E-state index in [-0.39, 0.29) is 12.0 Å². The Kier molecular flexibility index (Phi) is 3.78. The summed E-state index contributed by atoms with van der Waals surface area (Å²) in [7, 11) is 1.88. The highest BCUT2D eigenvalue weighted by Crippen LogP contribution is 2.40. The lowest BCUT2D eigenvalue weighted by Gasteiger charge is -2.27. The Labute approximate surface area is 120 Å². The summed E-state index contributed by atoms with van der Waals surface area (Å²) in [6.07, 6.45) is 7.06. The molecule has 0 aromatic carbocycles. The van der Waals surface area contributed by atoms with Gasteiger partial charge in [0.15, 0.2) is 0 Å². The van der Waals surface area contributed by atoms with Gasteiger partial charge in [0.1, 0.15) is 17.5 Å². The van der Waals surface area contributed by atoms with Crippen LogP contribution >= 0.6 is 0 Å². The molecule has 1 heterocycles. The maximum Gasteiger partial charge on any atom is 0.136 e. The van der Waals surface area contributed by atoms with Crippen LogP contribution in [-0.2, 0) is 0 Å². The molecule has 5 nitrogen and oxygen atoms in total. The lowest BCUT2D eigenvalue weighted by molar-refractivity contribution is 0.142. The highest BCUT2D eigenvalue weighted by atomic mass is 16.3. The van der Waals surface area contributed by atoms with Gasteiger partial charge in [-0.05, 0) is 25.7 Å². The zero-order valence-electron chi connectivity index (χ0n) is 12.2. The summed E-state index contributed by atoms with van der Waals surface area (Å²) in [5, 5.41) is 16.2. The Balaban J connectivity index is 1.71. The summed E-state index contributed by atoms with van der Waals surface area (Å²) in [5.74, 6) is 3.24. The Morgan fingerprint density at radius 2 is 1.95 bits per heavy atom. The van der Waals surface area contributed by atoms with Crippen molar-refractivity contribution >= 4 is 11.6 Å². The topological polar surface area (TPSA) is 70.1 Å². The van der Waals surface area contributed by atoms with Crippen molar-refractivity contribution < 1.29 is 5.11 Å². The SMILES string of the molecule is CNc1cc(NCC2(CO)CCCC2)nc(C2CC2)n1. The van der Waals surface area contributed by atoms with Crippen molar-refractivity contribution in [3.8, 4) is 0 Å². The van der Waals surface area contributed by atoms with Crippen LogP contribution < -0.4 is 10.6 Å². The molecule has 0 spiro atoms. The van der Waals surface area contributed by atoms with Gasteiger partial charge in [0.2, 0.25) is 0 Å². The fourth-order valence-electron chi connectivity index (χ4n) is 3.00. The molecule has 0 aliphatic heterocycles. The largest absolute Gasteiger partial charge is 0.396 e. The Bertz CT molecular complexity index is 467. The molecular weight excluding hydrogens is 252 g/mol. The van der Waals surface area contributed by atoms with Gasteiger partial charge in [-0.25, -0.2) is 9.97 Å². The smallest absolute Gasteiger partial charge is 0.136 e. The second kappa shape index (κ2) is 5.56. The highest BCUT2D eigenvalue weighted by molar-refractivity contribution is 5.48. The average Bonchev–Trinajstić information content (AvgIpc) is 3.24. The van der Waals surface area contributed by atoms with Gasteiger partial charge in [-0.3, -0.25) is 0 Å². The van der Waals surface area contributed by atoms with E-state index in [1.165, 1.54) is 25.7 Å². The van der Waals surface area contributed by atoms with E-state index in [0.717, 1.165) is 36.8 Å². The summed E-state index contributed by atoms with van der Waals surface area (Å²) in [6, 6.07) is 1.95. The van der Waals surface area contributed by atoms with E-state index in [2.05, 4.69) is 20.6 Å². The zero-order valence-corrected chi connectivity index (χ0v) is 12.2. The van der Waals surface area contributed by atoms with Crippen LogP contribution in [-0.4, -0.2) is 35.3 Å². The average molecular weight is 276 g/mol. The molecule has 1 aromatic heterocycles. The first-order valence-corrected chi connectivity index (χ1v) is 7.66. The number of hydrogen-bond donors (Lipinski definition) is 3. The molecular formula is C15H24N4O. The number of nitrogens with one attached hydrogen (secondary N) is 2. The lowest BCUT2D eigenvalue weighted by atomic mass is 9.87. The zero-order chi connectivity index (χ0) is 14.0. The van der Waals surface area contributed by atoms with E-state index in [4.69, 9.17) is 0 Å². The predicted molar refractivity (Wildman–Crippen MR) is 80.0 cm³/mol. The maximum absolute atomic E-state index is 9.66. The second-order valence-corrected chi connectivity index (χ2v) is 6.24.